The Bertz CT molecular complexity index is 385. The molecule has 0 unspecified atom stereocenters. The third-order valence-corrected chi connectivity index (χ3v) is 2.98. The lowest BCUT2D eigenvalue weighted by molar-refractivity contribution is 0.349. The summed E-state index contributed by atoms with van der Waals surface area (Å²) >= 11 is 0. The van der Waals surface area contributed by atoms with Gasteiger partial charge in [0.05, 0.1) is 0 Å². The summed E-state index contributed by atoms with van der Waals surface area (Å²) in [5.74, 6) is 0.689. The van der Waals surface area contributed by atoms with E-state index in [-0.39, 0.29) is 0 Å². The van der Waals surface area contributed by atoms with Crippen molar-refractivity contribution in [1.82, 2.24) is 9.80 Å². The minimum atomic E-state index is 0.689. The van der Waals surface area contributed by atoms with Crippen LogP contribution in [0.2, 0.25) is 0 Å². The summed E-state index contributed by atoms with van der Waals surface area (Å²) in [5, 5.41) is 8.09. The van der Waals surface area contributed by atoms with Crippen LogP contribution in [0.4, 0.5) is 0 Å². The standard InChI is InChI=1S/C13H19N3/c1-15(2)8-5-9-16-10-11-6-3-4-7-12(11)13(16)14/h3-4,6-7,14H,5,8-10H2,1-2H3. The van der Waals surface area contributed by atoms with Crippen molar-refractivity contribution >= 4 is 5.84 Å². The average Bonchev–Trinajstić information content (AvgIpc) is 2.56. The second-order valence-electron chi connectivity index (χ2n) is 4.58. The average molecular weight is 217 g/mol. The minimum absolute atomic E-state index is 0.689. The summed E-state index contributed by atoms with van der Waals surface area (Å²) in [6.45, 7) is 2.97. The first-order valence-electron chi connectivity index (χ1n) is 5.75. The predicted octanol–water partition coefficient (Wildman–Crippen LogP) is 1.78. The van der Waals surface area contributed by atoms with Crippen molar-refractivity contribution in [1.29, 1.82) is 5.41 Å². The van der Waals surface area contributed by atoms with Crippen LogP contribution >= 0.6 is 0 Å². The molecule has 3 nitrogen and oxygen atoms in total. The van der Waals surface area contributed by atoms with Crippen molar-refractivity contribution < 1.29 is 0 Å². The lowest BCUT2D eigenvalue weighted by atomic mass is 10.1. The highest BCUT2D eigenvalue weighted by molar-refractivity contribution is 6.00. The SMILES string of the molecule is CN(C)CCCN1Cc2ccccc2C1=N. The molecule has 0 radical (unpaired) electrons. The molecule has 0 amide bonds. The van der Waals surface area contributed by atoms with E-state index in [9.17, 15) is 0 Å². The van der Waals surface area contributed by atoms with Crippen molar-refractivity contribution in [2.45, 2.75) is 13.0 Å². The van der Waals surface area contributed by atoms with Crippen molar-refractivity contribution in [3.8, 4) is 0 Å². The molecule has 1 heterocycles. The second kappa shape index (κ2) is 4.66. The highest BCUT2D eigenvalue weighted by atomic mass is 15.2. The van der Waals surface area contributed by atoms with E-state index in [1.165, 1.54) is 5.56 Å². The summed E-state index contributed by atoms with van der Waals surface area (Å²) in [7, 11) is 4.17. The number of rotatable bonds is 4. The highest BCUT2D eigenvalue weighted by Gasteiger charge is 2.22. The van der Waals surface area contributed by atoms with E-state index >= 15 is 0 Å². The molecular formula is C13H19N3. The molecule has 16 heavy (non-hydrogen) atoms. The van der Waals surface area contributed by atoms with Gasteiger partial charge < -0.3 is 9.80 Å². The molecule has 1 aromatic rings. The summed E-state index contributed by atoms with van der Waals surface area (Å²) < 4.78 is 0. The van der Waals surface area contributed by atoms with Gasteiger partial charge in [-0.05, 0) is 32.6 Å². The van der Waals surface area contributed by atoms with Crippen LogP contribution in [-0.2, 0) is 6.54 Å². The van der Waals surface area contributed by atoms with Gasteiger partial charge in [0, 0.05) is 18.7 Å². The van der Waals surface area contributed by atoms with Crippen LogP contribution in [0.25, 0.3) is 0 Å². The van der Waals surface area contributed by atoms with Crippen LogP contribution in [0, 0.1) is 5.41 Å². The van der Waals surface area contributed by atoms with Crippen LogP contribution in [-0.4, -0.2) is 42.8 Å². The monoisotopic (exact) mass is 217 g/mol. The normalized spacial score (nSPS) is 14.7. The molecular weight excluding hydrogens is 198 g/mol. The molecule has 0 saturated heterocycles. The summed E-state index contributed by atoms with van der Waals surface area (Å²) in [4.78, 5) is 4.35. The third kappa shape index (κ3) is 2.25. The summed E-state index contributed by atoms with van der Waals surface area (Å²) in [6.07, 6.45) is 1.11. The first kappa shape index (κ1) is 11.1. The Hall–Kier alpha value is -1.35. The molecule has 0 fully saturated rings. The van der Waals surface area contributed by atoms with Gasteiger partial charge in [-0.1, -0.05) is 24.3 Å². The van der Waals surface area contributed by atoms with Gasteiger partial charge in [-0.2, -0.15) is 0 Å². The third-order valence-electron chi connectivity index (χ3n) is 2.98. The number of hydrogen-bond donors (Lipinski definition) is 1. The van der Waals surface area contributed by atoms with E-state index in [0.29, 0.717) is 5.84 Å². The molecule has 0 atom stereocenters. The smallest absolute Gasteiger partial charge is 0.128 e. The predicted molar refractivity (Wildman–Crippen MR) is 66.9 cm³/mol. The number of fused-ring (bicyclic) bond motifs is 1. The van der Waals surface area contributed by atoms with Crippen LogP contribution in [0.1, 0.15) is 17.5 Å². The first-order chi connectivity index (χ1) is 7.68. The molecule has 1 aromatic carbocycles. The molecule has 3 heteroatoms. The largest absolute Gasteiger partial charge is 0.352 e. The first-order valence-corrected chi connectivity index (χ1v) is 5.75. The molecule has 0 aliphatic carbocycles. The van der Waals surface area contributed by atoms with Gasteiger partial charge in [0.2, 0.25) is 0 Å². The van der Waals surface area contributed by atoms with Gasteiger partial charge in [0.25, 0.3) is 0 Å². The number of amidine groups is 1. The number of benzene rings is 1. The summed E-state index contributed by atoms with van der Waals surface area (Å²) in [6, 6.07) is 8.23. The van der Waals surface area contributed by atoms with E-state index in [1.54, 1.807) is 0 Å². The van der Waals surface area contributed by atoms with Crippen LogP contribution < -0.4 is 0 Å². The Kier molecular flexibility index (Phi) is 3.25. The van der Waals surface area contributed by atoms with Gasteiger partial charge in [0.1, 0.15) is 5.84 Å². The Morgan fingerprint density at radius 3 is 2.75 bits per heavy atom. The summed E-state index contributed by atoms with van der Waals surface area (Å²) in [5.41, 5.74) is 2.39. The number of nitrogens with one attached hydrogen (secondary N) is 1. The van der Waals surface area contributed by atoms with Gasteiger partial charge in [-0.3, -0.25) is 5.41 Å². The fraction of sp³-hybridized carbons (Fsp3) is 0.462. The number of nitrogens with zero attached hydrogens (tertiary/aromatic N) is 2. The van der Waals surface area contributed by atoms with E-state index in [4.69, 9.17) is 5.41 Å². The minimum Gasteiger partial charge on any atom is -0.352 e. The van der Waals surface area contributed by atoms with Gasteiger partial charge in [-0.15, -0.1) is 0 Å². The molecule has 2 rings (SSSR count). The second-order valence-corrected chi connectivity index (χ2v) is 4.58. The van der Waals surface area contributed by atoms with Crippen LogP contribution in [0.5, 0.6) is 0 Å². The van der Waals surface area contributed by atoms with Gasteiger partial charge in [-0.25, -0.2) is 0 Å². The molecule has 0 bridgehead atoms. The maximum Gasteiger partial charge on any atom is 0.128 e. The van der Waals surface area contributed by atoms with Crippen molar-refractivity contribution in [2.75, 3.05) is 27.2 Å². The maximum atomic E-state index is 8.09. The lowest BCUT2D eigenvalue weighted by Gasteiger charge is -2.19. The highest BCUT2D eigenvalue weighted by Crippen LogP contribution is 2.21. The van der Waals surface area contributed by atoms with Crippen LogP contribution in [0.15, 0.2) is 24.3 Å². The van der Waals surface area contributed by atoms with Gasteiger partial charge >= 0.3 is 0 Å². The molecule has 1 N–H and O–H groups in total. The molecule has 1 aliphatic heterocycles. The quantitative estimate of drug-likeness (QED) is 0.833. The van der Waals surface area contributed by atoms with E-state index in [0.717, 1.165) is 31.6 Å². The Morgan fingerprint density at radius 2 is 2.06 bits per heavy atom. The molecule has 86 valence electrons. The van der Waals surface area contributed by atoms with Crippen LogP contribution in [0.3, 0.4) is 0 Å². The fourth-order valence-electron chi connectivity index (χ4n) is 2.11. The van der Waals surface area contributed by atoms with Crippen molar-refractivity contribution in [3.63, 3.8) is 0 Å². The topological polar surface area (TPSA) is 30.3 Å². The number of hydrogen-bond acceptors (Lipinski definition) is 2. The lowest BCUT2D eigenvalue weighted by Crippen LogP contribution is -2.27. The molecule has 0 saturated carbocycles. The zero-order chi connectivity index (χ0) is 11.5. The fourth-order valence-corrected chi connectivity index (χ4v) is 2.11. The van der Waals surface area contributed by atoms with Gasteiger partial charge in [0.15, 0.2) is 0 Å². The zero-order valence-electron chi connectivity index (χ0n) is 10.0. The Labute approximate surface area is 97.2 Å². The zero-order valence-corrected chi connectivity index (χ0v) is 10.0. The Morgan fingerprint density at radius 1 is 1.31 bits per heavy atom. The molecule has 0 spiro atoms. The van der Waals surface area contributed by atoms with E-state index < -0.39 is 0 Å². The maximum absolute atomic E-state index is 8.09. The molecule has 0 aromatic heterocycles. The van der Waals surface area contributed by atoms with Crippen molar-refractivity contribution in [3.05, 3.63) is 35.4 Å². The molecule has 1 aliphatic rings. The van der Waals surface area contributed by atoms with E-state index in [2.05, 4.69) is 36.0 Å². The Balaban J connectivity index is 1.94. The van der Waals surface area contributed by atoms with Crippen molar-refractivity contribution in [2.24, 2.45) is 0 Å². The van der Waals surface area contributed by atoms with E-state index in [1.807, 2.05) is 12.1 Å².